The molecule has 0 radical (unpaired) electrons. The number of methoxy groups -OCH3 is 1. The average molecular weight is 456 g/mol. The summed E-state index contributed by atoms with van der Waals surface area (Å²) in [6.45, 7) is 4.64. The summed E-state index contributed by atoms with van der Waals surface area (Å²) in [4.78, 5) is 14.1. The molecule has 1 heterocycles. The second-order valence-electron chi connectivity index (χ2n) is 5.46. The highest BCUT2D eigenvalue weighted by atomic mass is 127. The Morgan fingerprint density at radius 2 is 2.16 bits per heavy atom. The van der Waals surface area contributed by atoms with Gasteiger partial charge in [0, 0.05) is 13.1 Å². The Bertz CT molecular complexity index is 691. The van der Waals surface area contributed by atoms with Gasteiger partial charge in [0.2, 0.25) is 0 Å². The number of nitrogens with zero attached hydrogens (tertiary/aromatic N) is 2. The summed E-state index contributed by atoms with van der Waals surface area (Å²) in [6, 6.07) is 5.66. The summed E-state index contributed by atoms with van der Waals surface area (Å²) in [5, 5.41) is 9.40. The van der Waals surface area contributed by atoms with Crippen LogP contribution in [0.2, 0.25) is 0 Å². The quantitative estimate of drug-likeness (QED) is 0.374. The van der Waals surface area contributed by atoms with E-state index >= 15 is 0 Å². The van der Waals surface area contributed by atoms with Crippen LogP contribution in [0.4, 0.5) is 0 Å². The van der Waals surface area contributed by atoms with Crippen molar-refractivity contribution in [2.75, 3.05) is 40.0 Å². The lowest BCUT2D eigenvalue weighted by atomic mass is 10.1. The first kappa shape index (κ1) is 19.5. The molecule has 134 valence electrons. The predicted molar refractivity (Wildman–Crippen MR) is 102 cm³/mol. The van der Waals surface area contributed by atoms with Crippen LogP contribution in [-0.4, -0.2) is 50.8 Å². The largest absolute Gasteiger partial charge is 0.493 e. The Morgan fingerprint density at radius 3 is 2.76 bits per heavy atom. The molecule has 1 amide bonds. The Hall–Kier alpha value is -1.79. The van der Waals surface area contributed by atoms with Gasteiger partial charge in [-0.15, -0.1) is 0 Å². The monoisotopic (exact) mass is 456 g/mol. The molecule has 2 rings (SSSR count). The second-order valence-corrected chi connectivity index (χ2v) is 6.62. The Kier molecular flexibility index (Phi) is 7.52. The van der Waals surface area contributed by atoms with Gasteiger partial charge in [0.25, 0.3) is 5.91 Å². The third kappa shape index (κ3) is 5.09. The minimum absolute atomic E-state index is 0.0991. The summed E-state index contributed by atoms with van der Waals surface area (Å²) in [5.41, 5.74) is 0.824. The van der Waals surface area contributed by atoms with Crippen LogP contribution in [-0.2, 0) is 9.53 Å². The first-order chi connectivity index (χ1) is 12.1. The van der Waals surface area contributed by atoms with Crippen LogP contribution in [0.1, 0.15) is 18.9 Å². The first-order valence-corrected chi connectivity index (χ1v) is 9.17. The fourth-order valence-electron chi connectivity index (χ4n) is 2.41. The molecular weight excluding hydrogens is 435 g/mol. The van der Waals surface area contributed by atoms with Crippen molar-refractivity contribution in [2.24, 2.45) is 0 Å². The molecule has 1 aliphatic rings. The van der Waals surface area contributed by atoms with Crippen LogP contribution in [0.15, 0.2) is 17.7 Å². The fraction of sp³-hybridized carbons (Fsp3) is 0.444. The molecule has 0 unspecified atom stereocenters. The van der Waals surface area contributed by atoms with Crippen LogP contribution >= 0.6 is 22.6 Å². The van der Waals surface area contributed by atoms with Crippen molar-refractivity contribution < 1.29 is 19.0 Å². The van der Waals surface area contributed by atoms with Crippen molar-refractivity contribution in [1.82, 2.24) is 4.90 Å². The number of amides is 1. The number of hydrogen-bond donors (Lipinski definition) is 0. The van der Waals surface area contributed by atoms with Gasteiger partial charge in [-0.05, 0) is 52.8 Å². The minimum atomic E-state index is -0.272. The molecule has 6 nitrogen and oxygen atoms in total. The Labute approximate surface area is 161 Å². The number of carbonyl (C=O) groups is 1. The number of rotatable bonds is 6. The maximum absolute atomic E-state index is 12.5. The lowest BCUT2D eigenvalue weighted by Crippen LogP contribution is -2.41. The van der Waals surface area contributed by atoms with Gasteiger partial charge in [0.1, 0.15) is 11.6 Å². The average Bonchev–Trinajstić information content (AvgIpc) is 2.65. The third-order valence-electron chi connectivity index (χ3n) is 3.66. The number of carbonyl (C=O) groups excluding carboxylic acids is 1. The van der Waals surface area contributed by atoms with Crippen LogP contribution in [0.5, 0.6) is 11.5 Å². The van der Waals surface area contributed by atoms with E-state index in [1.54, 1.807) is 24.2 Å². The molecule has 25 heavy (non-hydrogen) atoms. The van der Waals surface area contributed by atoms with E-state index in [2.05, 4.69) is 22.6 Å². The predicted octanol–water partition coefficient (Wildman–Crippen LogP) is 2.85. The zero-order valence-corrected chi connectivity index (χ0v) is 16.5. The van der Waals surface area contributed by atoms with Gasteiger partial charge >= 0.3 is 0 Å². The normalized spacial score (nSPS) is 14.8. The molecule has 7 heteroatoms. The van der Waals surface area contributed by atoms with Gasteiger partial charge in [0.15, 0.2) is 11.5 Å². The highest BCUT2D eigenvalue weighted by Crippen LogP contribution is 2.34. The molecule has 0 aliphatic carbocycles. The zero-order valence-electron chi connectivity index (χ0n) is 14.4. The lowest BCUT2D eigenvalue weighted by molar-refractivity contribution is -0.130. The third-order valence-corrected chi connectivity index (χ3v) is 4.46. The smallest absolute Gasteiger partial charge is 0.264 e. The number of ether oxygens (including phenoxy) is 3. The topological polar surface area (TPSA) is 71.8 Å². The summed E-state index contributed by atoms with van der Waals surface area (Å²) in [6.07, 6.45) is 2.49. The number of benzene rings is 1. The van der Waals surface area contributed by atoms with Gasteiger partial charge in [-0.1, -0.05) is 6.92 Å². The maximum Gasteiger partial charge on any atom is 0.264 e. The van der Waals surface area contributed by atoms with E-state index in [1.165, 1.54) is 0 Å². The van der Waals surface area contributed by atoms with Gasteiger partial charge in [-0.25, -0.2) is 0 Å². The Morgan fingerprint density at radius 1 is 1.44 bits per heavy atom. The SMILES string of the molecule is CCCOc1c(I)cc(/C=C(/C#N)C(=O)N2CCOCC2)cc1OC. The summed E-state index contributed by atoms with van der Waals surface area (Å²) < 4.78 is 17.2. The van der Waals surface area contributed by atoms with Crippen molar-refractivity contribution in [1.29, 1.82) is 5.26 Å². The van der Waals surface area contributed by atoms with Gasteiger partial charge in [-0.2, -0.15) is 5.26 Å². The molecule has 1 saturated heterocycles. The van der Waals surface area contributed by atoms with Crippen LogP contribution < -0.4 is 9.47 Å². The van der Waals surface area contributed by atoms with Crippen LogP contribution in [0, 0.1) is 14.9 Å². The zero-order chi connectivity index (χ0) is 18.2. The summed E-state index contributed by atoms with van der Waals surface area (Å²) in [5.74, 6) is 0.994. The molecule has 0 N–H and O–H groups in total. The van der Waals surface area contributed by atoms with Crippen molar-refractivity contribution in [2.45, 2.75) is 13.3 Å². The number of hydrogen-bond acceptors (Lipinski definition) is 5. The Balaban J connectivity index is 2.29. The standard InChI is InChI=1S/C18H21IN2O4/c1-3-6-25-17-15(19)10-13(11-16(17)23-2)9-14(12-20)18(22)21-4-7-24-8-5-21/h9-11H,3-8H2,1-2H3/b14-9-. The fourth-order valence-corrected chi connectivity index (χ4v) is 3.19. The molecule has 1 aromatic rings. The number of morpholine rings is 1. The molecule has 1 aliphatic heterocycles. The summed E-state index contributed by atoms with van der Waals surface area (Å²) >= 11 is 2.17. The summed E-state index contributed by atoms with van der Waals surface area (Å²) in [7, 11) is 1.57. The van der Waals surface area contributed by atoms with Crippen LogP contribution in [0.3, 0.4) is 0 Å². The van der Waals surface area contributed by atoms with Crippen molar-refractivity contribution in [3.05, 3.63) is 26.8 Å². The van der Waals surface area contributed by atoms with E-state index in [4.69, 9.17) is 14.2 Å². The van der Waals surface area contributed by atoms with E-state index in [9.17, 15) is 10.1 Å². The molecular formula is C18H21IN2O4. The van der Waals surface area contributed by atoms with Gasteiger partial charge in [-0.3, -0.25) is 4.79 Å². The van der Waals surface area contributed by atoms with E-state index in [1.807, 2.05) is 19.1 Å². The molecule has 1 aromatic carbocycles. The number of nitriles is 1. The minimum Gasteiger partial charge on any atom is -0.493 e. The molecule has 0 saturated carbocycles. The molecule has 0 atom stereocenters. The molecule has 0 bridgehead atoms. The lowest BCUT2D eigenvalue weighted by Gasteiger charge is -2.26. The van der Waals surface area contributed by atoms with Crippen molar-refractivity contribution in [3.8, 4) is 17.6 Å². The van der Waals surface area contributed by atoms with Crippen molar-refractivity contribution >= 4 is 34.6 Å². The van der Waals surface area contributed by atoms with Gasteiger partial charge < -0.3 is 19.1 Å². The van der Waals surface area contributed by atoms with Gasteiger partial charge in [0.05, 0.1) is 30.5 Å². The van der Waals surface area contributed by atoms with Crippen molar-refractivity contribution in [3.63, 3.8) is 0 Å². The van der Waals surface area contributed by atoms with E-state index in [0.29, 0.717) is 44.4 Å². The van der Waals surface area contributed by atoms with E-state index < -0.39 is 0 Å². The maximum atomic E-state index is 12.5. The first-order valence-electron chi connectivity index (χ1n) is 8.09. The highest BCUT2D eigenvalue weighted by molar-refractivity contribution is 14.1. The molecule has 0 spiro atoms. The van der Waals surface area contributed by atoms with E-state index in [0.717, 1.165) is 15.6 Å². The molecule has 1 fully saturated rings. The highest BCUT2D eigenvalue weighted by Gasteiger charge is 2.21. The van der Waals surface area contributed by atoms with Crippen LogP contribution in [0.25, 0.3) is 6.08 Å². The van der Waals surface area contributed by atoms with E-state index in [-0.39, 0.29) is 11.5 Å². The molecule has 0 aromatic heterocycles. The second kappa shape index (κ2) is 9.63. The number of halogens is 1.